The second-order valence-electron chi connectivity index (χ2n) is 23.5. The molecule has 0 spiro atoms. The van der Waals surface area contributed by atoms with E-state index in [0.29, 0.717) is 39.0 Å². The molecule has 0 aliphatic rings. The molecule has 11 amide bonds. The van der Waals surface area contributed by atoms with Gasteiger partial charge in [-0.3, -0.25) is 57.5 Å². The second kappa shape index (κ2) is 38.9. The van der Waals surface area contributed by atoms with Gasteiger partial charge in [-0.1, -0.05) is 74.5 Å². The Hall–Kier alpha value is -10.5. The smallest absolute Gasteiger partial charge is 0.326 e. The van der Waals surface area contributed by atoms with Crippen molar-refractivity contribution in [3.05, 3.63) is 120 Å². The molecule has 0 radical (unpaired) electrons. The average Bonchev–Trinajstić information content (AvgIpc) is 1.44. The normalized spacial score (nSPS) is 14.5. The third-order valence-corrected chi connectivity index (χ3v) is 15.8. The summed E-state index contributed by atoms with van der Waals surface area (Å²) < 4.78 is 0. The number of hydrogen-bond acceptors (Lipinski definition) is 19. The van der Waals surface area contributed by atoms with Crippen LogP contribution in [0, 0.1) is 5.92 Å². The Balaban J connectivity index is 1.38. The fraction of sp³-hybridized carbons (Fsp3) is 0.438. The number of carbonyl (C=O) groups excluding carboxylic acids is 11. The number of amides is 11. The number of para-hydroxylation sites is 1. The molecule has 3 aromatic carbocycles. The van der Waals surface area contributed by atoms with Gasteiger partial charge < -0.3 is 100 Å². The molecule has 11 atom stereocenters. The number of thioether (sulfide) groups is 1. The lowest BCUT2D eigenvalue weighted by Gasteiger charge is -2.28. The number of carboxylic acids is 2. The van der Waals surface area contributed by atoms with Crippen molar-refractivity contribution in [2.75, 3.05) is 25.2 Å². The van der Waals surface area contributed by atoms with Crippen molar-refractivity contribution in [3.63, 3.8) is 0 Å². The van der Waals surface area contributed by atoms with Crippen LogP contribution in [0.3, 0.4) is 0 Å². The molecular formula is C64H85N15O18S. The first-order chi connectivity index (χ1) is 46.5. The van der Waals surface area contributed by atoms with Gasteiger partial charge in [0.25, 0.3) is 0 Å². The number of nitrogens with one attached hydrogen (secondary N) is 12. The number of hydrogen-bond donors (Lipinski definition) is 19. The third-order valence-electron chi connectivity index (χ3n) is 15.2. The number of rotatable bonds is 41. The molecule has 5 rings (SSSR count). The number of nitrogens with two attached hydrogens (primary N) is 2. The number of aliphatic hydroxyl groups is 2. The number of aliphatic carboxylic acids is 2. The predicted molar refractivity (Wildman–Crippen MR) is 354 cm³/mol. The van der Waals surface area contributed by atoms with Crippen LogP contribution in [0.25, 0.3) is 10.9 Å². The molecule has 0 bridgehead atoms. The summed E-state index contributed by atoms with van der Waals surface area (Å²) in [4.78, 5) is 186. The zero-order chi connectivity index (χ0) is 72.2. The Morgan fingerprint density at radius 1 is 0.571 bits per heavy atom. The lowest BCUT2D eigenvalue weighted by atomic mass is 10.0. The maximum atomic E-state index is 14.8. The van der Waals surface area contributed by atoms with E-state index in [1.54, 1.807) is 74.7 Å². The Bertz CT molecular complexity index is 3560. The highest BCUT2D eigenvalue weighted by atomic mass is 32.2. The number of aromatic nitrogens is 3. The summed E-state index contributed by atoms with van der Waals surface area (Å²) in [6.45, 7) is 2.65. The van der Waals surface area contributed by atoms with Gasteiger partial charge in [0.1, 0.15) is 60.1 Å². The number of imidazole rings is 1. The van der Waals surface area contributed by atoms with Crippen molar-refractivity contribution >= 4 is 99.6 Å². The topological polar surface area (TPSA) is 540 Å². The number of H-pyrrole nitrogens is 2. The van der Waals surface area contributed by atoms with E-state index in [9.17, 15) is 87.9 Å². The van der Waals surface area contributed by atoms with E-state index in [1.807, 2.05) is 0 Å². The van der Waals surface area contributed by atoms with Crippen LogP contribution < -0.4 is 64.6 Å². The largest absolute Gasteiger partial charge is 0.508 e. The van der Waals surface area contributed by atoms with Crippen molar-refractivity contribution in [2.24, 2.45) is 17.4 Å². The minimum atomic E-state index is -1.96. The number of phenolic OH excluding ortho intramolecular Hbond substituents is 1. The molecule has 5 aromatic rings. The number of phenols is 1. The van der Waals surface area contributed by atoms with Gasteiger partial charge in [0.15, 0.2) is 0 Å². The molecule has 0 saturated carbocycles. The fourth-order valence-corrected chi connectivity index (χ4v) is 10.5. The fourth-order valence-electron chi connectivity index (χ4n) is 10.00. The number of fused-ring (bicyclic) bond motifs is 1. The minimum absolute atomic E-state index is 0.0804. The summed E-state index contributed by atoms with van der Waals surface area (Å²) in [5, 5.41) is 75.5. The molecule has 0 saturated heterocycles. The van der Waals surface area contributed by atoms with Gasteiger partial charge in [0.05, 0.1) is 38.0 Å². The summed E-state index contributed by atoms with van der Waals surface area (Å²) in [6, 6.07) is 4.49. The number of primary amides is 1. The molecule has 0 unspecified atom stereocenters. The monoisotopic (exact) mass is 1380 g/mol. The van der Waals surface area contributed by atoms with E-state index in [1.165, 1.54) is 61.7 Å². The zero-order valence-corrected chi connectivity index (χ0v) is 55.0. The van der Waals surface area contributed by atoms with Crippen LogP contribution in [0.4, 0.5) is 0 Å². The van der Waals surface area contributed by atoms with Crippen LogP contribution in [-0.2, 0) is 88.0 Å². The number of aromatic hydroxyl groups is 1. The second-order valence-corrected chi connectivity index (χ2v) is 24.5. The highest BCUT2D eigenvalue weighted by Crippen LogP contribution is 2.20. The maximum absolute atomic E-state index is 14.8. The number of aliphatic hydroxyl groups excluding tert-OH is 2. The summed E-state index contributed by atoms with van der Waals surface area (Å²) in [5.74, 6) is -14.4. The van der Waals surface area contributed by atoms with Gasteiger partial charge in [-0.2, -0.15) is 11.8 Å². The number of carbonyl (C=O) groups is 13. The van der Waals surface area contributed by atoms with E-state index in [4.69, 9.17) is 11.5 Å². The van der Waals surface area contributed by atoms with Crippen LogP contribution in [0.15, 0.2) is 97.6 Å². The quantitative estimate of drug-likeness (QED) is 0.0182. The van der Waals surface area contributed by atoms with E-state index in [-0.39, 0.29) is 43.8 Å². The Labute approximate surface area is 566 Å². The predicted octanol–water partition coefficient (Wildman–Crippen LogP) is -3.33. The molecule has 34 heteroatoms. The molecule has 0 aliphatic heterocycles. The van der Waals surface area contributed by atoms with E-state index < -0.39 is 182 Å². The molecular weight excluding hydrogens is 1300 g/mol. The van der Waals surface area contributed by atoms with Crippen molar-refractivity contribution in [3.8, 4) is 5.75 Å². The molecule has 530 valence electrons. The first kappa shape index (κ1) is 78.2. The molecule has 0 aliphatic carbocycles. The summed E-state index contributed by atoms with van der Waals surface area (Å²) in [6.07, 6.45) is 1.25. The van der Waals surface area contributed by atoms with Crippen molar-refractivity contribution in [1.82, 2.24) is 68.1 Å². The van der Waals surface area contributed by atoms with Crippen LogP contribution >= 0.6 is 11.8 Å². The lowest BCUT2D eigenvalue weighted by molar-refractivity contribution is -0.142. The Morgan fingerprint density at radius 2 is 1.11 bits per heavy atom. The van der Waals surface area contributed by atoms with E-state index >= 15 is 0 Å². The number of benzene rings is 3. The highest BCUT2D eigenvalue weighted by molar-refractivity contribution is 7.98. The van der Waals surface area contributed by atoms with Crippen LogP contribution in [-0.4, -0.2) is 209 Å². The highest BCUT2D eigenvalue weighted by Gasteiger charge is 2.37. The molecule has 0 fully saturated rings. The zero-order valence-electron chi connectivity index (χ0n) is 54.2. The van der Waals surface area contributed by atoms with Gasteiger partial charge in [-0.25, -0.2) is 9.78 Å². The molecule has 33 nitrogen and oxygen atoms in total. The lowest BCUT2D eigenvalue weighted by Crippen LogP contribution is -2.62. The Kier molecular flexibility index (Phi) is 31.1. The van der Waals surface area contributed by atoms with Crippen LogP contribution in [0.1, 0.15) is 75.3 Å². The summed E-state index contributed by atoms with van der Waals surface area (Å²) in [7, 11) is 0. The van der Waals surface area contributed by atoms with Gasteiger partial charge in [0, 0.05) is 61.1 Å². The minimum Gasteiger partial charge on any atom is -0.508 e. The average molecular weight is 1380 g/mol. The van der Waals surface area contributed by atoms with Gasteiger partial charge >= 0.3 is 11.9 Å². The van der Waals surface area contributed by atoms with Gasteiger partial charge in [-0.05, 0) is 79.0 Å². The van der Waals surface area contributed by atoms with E-state index in [2.05, 4.69) is 68.1 Å². The molecule has 2 aromatic heterocycles. The van der Waals surface area contributed by atoms with Gasteiger partial charge in [-0.15, -0.1) is 0 Å². The SMILES string of the molecule is CSCC[C@H](N)C(=O)N[C@H](C(=O)N[C@@H](CC(C)C)C(=O)N[C@@H](CO)C(=O)N[C@@H](CC(N)=O)C(=O)N[C@@H](Cc1c[nH]c2ccccc12)C(=O)N[C@@H](CCC(=O)O)C(=O)N[C@@H](Cc1ccc(O)cc1)C(=O)NCC(=O)N[C@@H](Cc1ccccc1)C(=O)N[C@@H](Cc1cnc[nH]1)C(=O)O)[C@@H](C)O. The van der Waals surface area contributed by atoms with Crippen LogP contribution in [0.2, 0.25) is 0 Å². The summed E-state index contributed by atoms with van der Waals surface area (Å²) in [5.41, 5.74) is 13.8. The summed E-state index contributed by atoms with van der Waals surface area (Å²) >= 11 is 1.43. The van der Waals surface area contributed by atoms with Gasteiger partial charge in [0.2, 0.25) is 65.0 Å². The van der Waals surface area contributed by atoms with E-state index in [0.717, 1.165) is 0 Å². The number of aromatic amines is 2. The third kappa shape index (κ3) is 25.6. The van der Waals surface area contributed by atoms with Crippen LogP contribution in [0.5, 0.6) is 5.75 Å². The van der Waals surface area contributed by atoms with Crippen molar-refractivity contribution in [1.29, 1.82) is 0 Å². The molecule has 98 heavy (non-hydrogen) atoms. The number of carboxylic acid groups (broad SMARTS) is 2. The first-order valence-corrected chi connectivity index (χ1v) is 32.6. The van der Waals surface area contributed by atoms with Crippen molar-refractivity contribution in [2.45, 2.75) is 145 Å². The number of nitrogens with zero attached hydrogens (tertiary/aromatic N) is 1. The maximum Gasteiger partial charge on any atom is 0.326 e. The first-order valence-electron chi connectivity index (χ1n) is 31.2. The molecule has 21 N–H and O–H groups in total. The molecule has 2 heterocycles. The standard InChI is InChI=1S/C64H85N15O18S/c1-33(2)22-44(76-63(95)54(34(3)81)79-55(87)41(65)20-21-98-4)58(90)78-50(31-80)62(94)75-48(27-51(66)83)61(93)74-47(25-37-28-68-42-13-9-8-12-40(37)42)60(92)72-43(18-19-53(85)86)57(89)73-45(24-36-14-16-39(82)17-15-36)56(88)69-30-52(84)71-46(23-35-10-6-5-7-11-35)59(91)77-49(64(96)97)26-38-29-67-32-70-38/h5-17,28-29,32-34,41,43-50,54,68,80-82H,18-27,30-31,65H2,1-4H3,(H2,66,83)(H,67,70)(H,69,88)(H,71,84)(H,72,92)(H,73,89)(H,74,93)(H,75,94)(H,76,95)(H,77,91)(H,78,90)(H,79,87)(H,85,86)(H,96,97)/t34-,41+,43+,44+,45+,46+,47+,48+,49+,50+,54+/m1/s1. The van der Waals surface area contributed by atoms with Crippen molar-refractivity contribution < 1.29 is 87.9 Å². The Morgan fingerprint density at radius 3 is 1.70 bits per heavy atom.